The van der Waals surface area contributed by atoms with Gasteiger partial charge in [-0.1, -0.05) is 11.8 Å². The predicted octanol–water partition coefficient (Wildman–Crippen LogP) is 1.08. The van der Waals surface area contributed by atoms with E-state index < -0.39 is 0 Å². The molecule has 2 aliphatic rings. The highest BCUT2D eigenvalue weighted by molar-refractivity contribution is 5.08. The van der Waals surface area contributed by atoms with Crippen LogP contribution in [-0.4, -0.2) is 48.2 Å². The highest BCUT2D eigenvalue weighted by atomic mass is 15.4. The molecule has 0 saturated carbocycles. The molecule has 2 fully saturated rings. The molecule has 2 saturated heterocycles. The zero-order valence-electron chi connectivity index (χ0n) is 8.37. The van der Waals surface area contributed by atoms with Crippen molar-refractivity contribution in [2.75, 3.05) is 32.7 Å². The van der Waals surface area contributed by atoms with Crippen LogP contribution in [0.4, 0.5) is 0 Å². The lowest BCUT2D eigenvalue weighted by atomic mass is 10.1. The minimum absolute atomic E-state index is 0.0335. The third kappa shape index (κ3) is 1.34. The maximum Gasteiger partial charge on any atom is 0.349 e. The van der Waals surface area contributed by atoms with E-state index in [1.807, 2.05) is 0 Å². The van der Waals surface area contributed by atoms with Crippen LogP contribution in [0.15, 0.2) is 0 Å². The Morgan fingerprint density at radius 3 is 2.92 bits per heavy atom. The number of rotatable bonds is 1. The first-order valence-electron chi connectivity index (χ1n) is 5.20. The van der Waals surface area contributed by atoms with Gasteiger partial charge in [0.25, 0.3) is 6.57 Å². The molecule has 0 spiro atoms. The molecule has 2 heterocycles. The van der Waals surface area contributed by atoms with Crippen LogP contribution in [0.5, 0.6) is 0 Å². The normalized spacial score (nSPS) is 35.7. The fourth-order valence-electron chi connectivity index (χ4n) is 2.57. The van der Waals surface area contributed by atoms with E-state index in [4.69, 9.17) is 6.57 Å². The first-order chi connectivity index (χ1) is 6.30. The summed E-state index contributed by atoms with van der Waals surface area (Å²) in [5.74, 6) is 0. The summed E-state index contributed by atoms with van der Waals surface area (Å²) in [6.45, 7) is 13.4. The summed E-state index contributed by atoms with van der Waals surface area (Å²) in [5.41, 5.74) is -0.0335. The molecular formula is C10H18N3+. The van der Waals surface area contributed by atoms with Gasteiger partial charge in [0.05, 0.1) is 6.54 Å². The second kappa shape index (κ2) is 3.28. The molecular weight excluding hydrogens is 162 g/mol. The summed E-state index contributed by atoms with van der Waals surface area (Å²) in [5, 5.41) is 0. The maximum atomic E-state index is 5.55. The van der Waals surface area contributed by atoms with Gasteiger partial charge in [-0.15, -0.1) is 0 Å². The number of fused-ring (bicyclic) bond motifs is 1. The van der Waals surface area contributed by atoms with E-state index in [2.05, 4.69) is 21.6 Å². The van der Waals surface area contributed by atoms with E-state index in [1.165, 1.54) is 19.5 Å². The SMILES string of the molecule is C#[N+][C@@]12CCCN1CCN(CC)C2. The highest BCUT2D eigenvalue weighted by Gasteiger charge is 2.53. The first-order valence-corrected chi connectivity index (χ1v) is 5.20. The van der Waals surface area contributed by atoms with Crippen molar-refractivity contribution >= 4 is 0 Å². The first kappa shape index (κ1) is 8.98. The molecule has 2 rings (SSSR count). The molecule has 0 N–H and O–H groups in total. The molecule has 0 radical (unpaired) electrons. The quantitative estimate of drug-likeness (QED) is 0.598. The van der Waals surface area contributed by atoms with Gasteiger partial charge in [0, 0.05) is 26.1 Å². The lowest BCUT2D eigenvalue weighted by molar-refractivity contribution is 0.0607. The molecule has 3 nitrogen and oxygen atoms in total. The molecule has 0 aromatic heterocycles. The van der Waals surface area contributed by atoms with Crippen LogP contribution >= 0.6 is 0 Å². The third-order valence-electron chi connectivity index (χ3n) is 3.44. The van der Waals surface area contributed by atoms with Gasteiger partial charge in [0.2, 0.25) is 0 Å². The lowest BCUT2D eigenvalue weighted by Gasteiger charge is -2.36. The van der Waals surface area contributed by atoms with Gasteiger partial charge in [0.1, 0.15) is 0 Å². The fourth-order valence-corrected chi connectivity index (χ4v) is 2.57. The monoisotopic (exact) mass is 180 g/mol. The standard InChI is InChI=1S/C10H18N3/c1-3-12-7-8-13-6-4-5-10(13,9-12)11-2/h2H,3-9H2,1H3/q+1/t10-/m0/s1. The van der Waals surface area contributed by atoms with Crippen LogP contribution in [0, 0.1) is 6.57 Å². The molecule has 2 aliphatic heterocycles. The molecule has 1 atom stereocenters. The molecule has 72 valence electrons. The Hall–Kier alpha value is -0.590. The van der Waals surface area contributed by atoms with Crippen molar-refractivity contribution in [2.45, 2.75) is 25.4 Å². The van der Waals surface area contributed by atoms with Crippen molar-refractivity contribution in [3.05, 3.63) is 4.85 Å². The molecule has 3 heteroatoms. The second-order valence-corrected chi connectivity index (χ2v) is 4.07. The van der Waals surface area contributed by atoms with E-state index in [1.54, 1.807) is 0 Å². The van der Waals surface area contributed by atoms with Crippen LogP contribution in [-0.2, 0) is 0 Å². The van der Waals surface area contributed by atoms with Gasteiger partial charge >= 0.3 is 5.66 Å². The zero-order chi connectivity index (χ0) is 9.31. The molecule has 0 aromatic carbocycles. The molecule has 0 bridgehead atoms. The van der Waals surface area contributed by atoms with Crippen molar-refractivity contribution < 1.29 is 0 Å². The number of hydrogen-bond donors (Lipinski definition) is 0. The molecule has 0 aromatic rings. The minimum atomic E-state index is -0.0335. The molecule has 0 unspecified atom stereocenters. The Labute approximate surface area is 80.1 Å². The summed E-state index contributed by atoms with van der Waals surface area (Å²) in [7, 11) is 0. The zero-order valence-corrected chi connectivity index (χ0v) is 8.37. The van der Waals surface area contributed by atoms with Gasteiger partial charge in [-0.2, -0.15) is 0 Å². The molecule has 13 heavy (non-hydrogen) atoms. The summed E-state index contributed by atoms with van der Waals surface area (Å²) >= 11 is 0. The molecule has 0 amide bonds. The fraction of sp³-hybridized carbons (Fsp3) is 0.900. The van der Waals surface area contributed by atoms with Gasteiger partial charge in [-0.05, 0) is 13.0 Å². The van der Waals surface area contributed by atoms with Crippen molar-refractivity contribution in [1.29, 1.82) is 0 Å². The third-order valence-corrected chi connectivity index (χ3v) is 3.44. The van der Waals surface area contributed by atoms with E-state index in [0.717, 1.165) is 26.1 Å². The number of likely N-dealkylation sites (N-methyl/N-ethyl adjacent to an activating group) is 1. The Kier molecular flexibility index (Phi) is 2.27. The Morgan fingerprint density at radius 2 is 2.23 bits per heavy atom. The Morgan fingerprint density at radius 1 is 1.38 bits per heavy atom. The maximum absolute atomic E-state index is 5.55. The average molecular weight is 180 g/mol. The van der Waals surface area contributed by atoms with Crippen LogP contribution in [0.2, 0.25) is 0 Å². The average Bonchev–Trinajstić information content (AvgIpc) is 2.60. The smallest absolute Gasteiger partial charge is 0.293 e. The number of hydrogen-bond acceptors (Lipinski definition) is 2. The van der Waals surface area contributed by atoms with Gasteiger partial charge in [-0.25, -0.2) is 4.90 Å². The van der Waals surface area contributed by atoms with Crippen LogP contribution in [0.3, 0.4) is 0 Å². The Bertz CT molecular complexity index is 233. The molecule has 0 aliphatic carbocycles. The van der Waals surface area contributed by atoms with Gasteiger partial charge < -0.3 is 0 Å². The minimum Gasteiger partial charge on any atom is -0.293 e. The van der Waals surface area contributed by atoms with Gasteiger partial charge in [0.15, 0.2) is 0 Å². The van der Waals surface area contributed by atoms with Crippen LogP contribution in [0.1, 0.15) is 19.8 Å². The van der Waals surface area contributed by atoms with Crippen molar-refractivity contribution in [2.24, 2.45) is 0 Å². The van der Waals surface area contributed by atoms with E-state index in [-0.39, 0.29) is 5.66 Å². The van der Waals surface area contributed by atoms with E-state index in [0.29, 0.717) is 0 Å². The van der Waals surface area contributed by atoms with Crippen LogP contribution < -0.4 is 0 Å². The van der Waals surface area contributed by atoms with Crippen molar-refractivity contribution in [1.82, 2.24) is 9.80 Å². The predicted molar refractivity (Wildman–Crippen MR) is 54.0 cm³/mol. The van der Waals surface area contributed by atoms with E-state index >= 15 is 0 Å². The highest BCUT2D eigenvalue weighted by Crippen LogP contribution is 2.33. The summed E-state index contributed by atoms with van der Waals surface area (Å²) in [6, 6.07) is 0. The summed E-state index contributed by atoms with van der Waals surface area (Å²) < 4.78 is 0. The van der Waals surface area contributed by atoms with E-state index in [9.17, 15) is 0 Å². The number of nitrogens with zero attached hydrogens (tertiary/aromatic N) is 3. The summed E-state index contributed by atoms with van der Waals surface area (Å²) in [4.78, 5) is 9.01. The second-order valence-electron chi connectivity index (χ2n) is 4.07. The summed E-state index contributed by atoms with van der Waals surface area (Å²) in [6.07, 6.45) is 2.39. The largest absolute Gasteiger partial charge is 0.349 e. The van der Waals surface area contributed by atoms with Crippen LogP contribution in [0.25, 0.3) is 4.85 Å². The lowest BCUT2D eigenvalue weighted by Crippen LogP contribution is -2.57. The Balaban J connectivity index is 2.14. The van der Waals surface area contributed by atoms with Crippen molar-refractivity contribution in [3.63, 3.8) is 0 Å². The van der Waals surface area contributed by atoms with Gasteiger partial charge in [-0.3, -0.25) is 4.90 Å². The van der Waals surface area contributed by atoms with Crippen molar-refractivity contribution in [3.8, 4) is 6.57 Å². The topological polar surface area (TPSA) is 10.8 Å². The number of piperazine rings is 1.